The van der Waals surface area contributed by atoms with Crippen molar-refractivity contribution in [1.82, 2.24) is 20.2 Å². The van der Waals surface area contributed by atoms with E-state index < -0.39 is 11.6 Å². The van der Waals surface area contributed by atoms with Crippen LogP contribution in [0.15, 0.2) is 42.7 Å². The Hall–Kier alpha value is -2.71. The fraction of sp³-hybridized carbons (Fsp3) is 0.455. The predicted molar refractivity (Wildman–Crippen MR) is 118 cm³/mol. The van der Waals surface area contributed by atoms with Gasteiger partial charge in [0.05, 0.1) is 0 Å². The Morgan fingerprint density at radius 1 is 1.19 bits per heavy atom. The summed E-state index contributed by atoms with van der Waals surface area (Å²) >= 11 is 6.05. The van der Waals surface area contributed by atoms with Gasteiger partial charge in [0.15, 0.2) is 5.78 Å². The van der Waals surface area contributed by atoms with Crippen LogP contribution in [0.2, 0.25) is 5.02 Å². The van der Waals surface area contributed by atoms with E-state index in [9.17, 15) is 14.7 Å². The molecule has 0 unspecified atom stereocenters. The largest absolute Gasteiger partial charge is 0.465 e. The van der Waals surface area contributed by atoms with Crippen LogP contribution in [0.4, 0.5) is 10.7 Å². The molecule has 2 aliphatic heterocycles. The van der Waals surface area contributed by atoms with Gasteiger partial charge in [-0.2, -0.15) is 0 Å². The molecule has 8 nitrogen and oxygen atoms in total. The molecule has 0 spiro atoms. The number of amides is 1. The Labute approximate surface area is 186 Å². The van der Waals surface area contributed by atoms with Gasteiger partial charge < -0.3 is 15.3 Å². The molecule has 4 rings (SSSR count). The van der Waals surface area contributed by atoms with Crippen molar-refractivity contribution in [3.63, 3.8) is 0 Å². The van der Waals surface area contributed by atoms with Gasteiger partial charge in [-0.25, -0.2) is 14.8 Å². The van der Waals surface area contributed by atoms with Gasteiger partial charge in [0.1, 0.15) is 5.54 Å². The van der Waals surface area contributed by atoms with E-state index in [-0.39, 0.29) is 17.6 Å². The summed E-state index contributed by atoms with van der Waals surface area (Å²) in [6, 6.07) is 9.10. The van der Waals surface area contributed by atoms with Crippen LogP contribution >= 0.6 is 11.6 Å². The highest BCUT2D eigenvalue weighted by molar-refractivity contribution is 6.30. The zero-order chi connectivity index (χ0) is 22.0. The number of anilines is 1. The Morgan fingerprint density at radius 2 is 1.84 bits per heavy atom. The highest BCUT2D eigenvalue weighted by Crippen LogP contribution is 2.41. The lowest BCUT2D eigenvalue weighted by Gasteiger charge is -2.43. The van der Waals surface area contributed by atoms with Crippen LogP contribution in [0.25, 0.3) is 0 Å². The van der Waals surface area contributed by atoms with Gasteiger partial charge in [0.25, 0.3) is 0 Å². The normalized spacial score (nSPS) is 24.2. The molecule has 164 valence electrons. The van der Waals surface area contributed by atoms with Crippen molar-refractivity contribution < 1.29 is 14.7 Å². The minimum atomic E-state index is -1.16. The minimum Gasteiger partial charge on any atom is -0.465 e. The highest BCUT2D eigenvalue weighted by Gasteiger charge is 2.56. The monoisotopic (exact) mass is 443 g/mol. The SMILES string of the molecule is CN(C(=O)O)[C@]1(C(=O)C2CCN(c3ncccn3)CC2)CNC[C@H]1c1ccc(Cl)cc1. The zero-order valence-electron chi connectivity index (χ0n) is 17.4. The summed E-state index contributed by atoms with van der Waals surface area (Å²) in [5.74, 6) is 0.133. The first-order valence-corrected chi connectivity index (χ1v) is 10.8. The molecule has 2 aromatic rings. The molecule has 0 bridgehead atoms. The van der Waals surface area contributed by atoms with Crippen molar-refractivity contribution in [3.8, 4) is 0 Å². The molecular weight excluding hydrogens is 418 g/mol. The summed E-state index contributed by atoms with van der Waals surface area (Å²) in [5.41, 5.74) is -0.249. The Balaban J connectivity index is 1.60. The second-order valence-electron chi connectivity index (χ2n) is 8.18. The molecule has 2 atom stereocenters. The summed E-state index contributed by atoms with van der Waals surface area (Å²) in [5, 5.41) is 13.7. The molecule has 0 radical (unpaired) electrons. The maximum absolute atomic E-state index is 13.9. The van der Waals surface area contributed by atoms with Crippen molar-refractivity contribution >= 4 is 29.4 Å². The van der Waals surface area contributed by atoms with Gasteiger partial charge in [-0.1, -0.05) is 23.7 Å². The van der Waals surface area contributed by atoms with E-state index in [1.54, 1.807) is 30.6 Å². The number of likely N-dealkylation sites (N-methyl/N-ethyl adjacent to an activating group) is 1. The van der Waals surface area contributed by atoms with Crippen LogP contribution in [0, 0.1) is 5.92 Å². The number of piperidine rings is 1. The predicted octanol–water partition coefficient (Wildman–Crippen LogP) is 2.65. The van der Waals surface area contributed by atoms with E-state index in [2.05, 4.69) is 20.2 Å². The van der Waals surface area contributed by atoms with E-state index in [0.717, 1.165) is 5.56 Å². The van der Waals surface area contributed by atoms with Crippen LogP contribution in [0.5, 0.6) is 0 Å². The third-order valence-corrected chi connectivity index (χ3v) is 6.86. The number of nitrogens with zero attached hydrogens (tertiary/aromatic N) is 4. The number of ketones is 1. The molecule has 2 fully saturated rings. The average molecular weight is 444 g/mol. The van der Waals surface area contributed by atoms with Crippen LogP contribution in [-0.4, -0.2) is 70.6 Å². The number of hydrogen-bond acceptors (Lipinski definition) is 6. The Kier molecular flexibility index (Phi) is 6.11. The highest BCUT2D eigenvalue weighted by atomic mass is 35.5. The minimum absolute atomic E-state index is 0.0176. The molecular formula is C22H26ClN5O3. The number of rotatable bonds is 5. The third-order valence-electron chi connectivity index (χ3n) is 6.60. The Bertz CT molecular complexity index is 934. The summed E-state index contributed by atoms with van der Waals surface area (Å²) in [6.07, 6.45) is 3.58. The summed E-state index contributed by atoms with van der Waals surface area (Å²) in [7, 11) is 1.50. The van der Waals surface area contributed by atoms with Crippen molar-refractivity contribution in [1.29, 1.82) is 0 Å². The average Bonchev–Trinajstić information content (AvgIpc) is 3.25. The van der Waals surface area contributed by atoms with E-state index >= 15 is 0 Å². The van der Waals surface area contributed by atoms with Crippen molar-refractivity contribution in [2.24, 2.45) is 5.92 Å². The van der Waals surface area contributed by atoms with Crippen molar-refractivity contribution in [2.45, 2.75) is 24.3 Å². The van der Waals surface area contributed by atoms with Gasteiger partial charge in [-0.15, -0.1) is 0 Å². The molecule has 31 heavy (non-hydrogen) atoms. The van der Waals surface area contributed by atoms with Gasteiger partial charge in [-0.3, -0.25) is 9.69 Å². The molecule has 2 N–H and O–H groups in total. The number of carbonyl (C=O) groups is 2. The lowest BCUT2D eigenvalue weighted by molar-refractivity contribution is -0.134. The first kappa shape index (κ1) is 21.5. The van der Waals surface area contributed by atoms with E-state index in [0.29, 0.717) is 50.0 Å². The number of benzene rings is 1. The lowest BCUT2D eigenvalue weighted by atomic mass is 9.72. The summed E-state index contributed by atoms with van der Waals surface area (Å²) in [4.78, 5) is 37.9. The van der Waals surface area contributed by atoms with Crippen LogP contribution in [0.3, 0.4) is 0 Å². The number of halogens is 1. The number of carboxylic acid groups (broad SMARTS) is 1. The van der Waals surface area contributed by atoms with Crippen molar-refractivity contribution in [3.05, 3.63) is 53.3 Å². The molecule has 1 amide bonds. The fourth-order valence-electron chi connectivity index (χ4n) is 4.88. The van der Waals surface area contributed by atoms with Gasteiger partial charge in [0, 0.05) is 62.5 Å². The van der Waals surface area contributed by atoms with Gasteiger partial charge in [-0.05, 0) is 36.6 Å². The molecule has 2 saturated heterocycles. The second-order valence-corrected chi connectivity index (χ2v) is 8.61. The fourth-order valence-corrected chi connectivity index (χ4v) is 5.01. The molecule has 1 aromatic heterocycles. The smallest absolute Gasteiger partial charge is 0.407 e. The molecule has 3 heterocycles. The van der Waals surface area contributed by atoms with Crippen LogP contribution in [-0.2, 0) is 4.79 Å². The first-order chi connectivity index (χ1) is 14.9. The second kappa shape index (κ2) is 8.80. The molecule has 0 aliphatic carbocycles. The summed E-state index contributed by atoms with van der Waals surface area (Å²) < 4.78 is 0. The topological polar surface area (TPSA) is 98.7 Å². The maximum atomic E-state index is 13.9. The van der Waals surface area contributed by atoms with Crippen LogP contribution in [0.1, 0.15) is 24.3 Å². The molecule has 9 heteroatoms. The number of hydrogen-bond donors (Lipinski definition) is 2. The van der Waals surface area contributed by atoms with Gasteiger partial charge >= 0.3 is 6.09 Å². The molecule has 0 saturated carbocycles. The molecule has 1 aromatic carbocycles. The maximum Gasteiger partial charge on any atom is 0.407 e. The molecule has 2 aliphatic rings. The van der Waals surface area contributed by atoms with Gasteiger partial charge in [0.2, 0.25) is 5.95 Å². The Morgan fingerprint density at radius 3 is 2.45 bits per heavy atom. The number of carbonyl (C=O) groups excluding carboxylic acids is 1. The van der Waals surface area contributed by atoms with E-state index in [4.69, 9.17) is 11.6 Å². The van der Waals surface area contributed by atoms with Crippen LogP contribution < -0.4 is 10.2 Å². The summed E-state index contributed by atoms with van der Waals surface area (Å²) in [6.45, 7) is 2.14. The first-order valence-electron chi connectivity index (χ1n) is 10.4. The van der Waals surface area contributed by atoms with Crippen molar-refractivity contribution in [2.75, 3.05) is 38.1 Å². The lowest BCUT2D eigenvalue weighted by Crippen LogP contribution is -2.61. The quantitative estimate of drug-likeness (QED) is 0.732. The zero-order valence-corrected chi connectivity index (χ0v) is 18.1. The standard InChI is InChI=1S/C22H26ClN5O3/c1-27(21(30)31)22(14-24-13-18(22)15-3-5-17(23)6-4-15)19(29)16-7-11-28(12-8-16)20-25-9-2-10-26-20/h2-6,9-10,16,18,24H,7-8,11-14H2,1H3,(H,30,31)/t18-,22+/m0/s1. The van der Waals surface area contributed by atoms with E-state index in [1.807, 2.05) is 12.1 Å². The number of Topliss-reactive ketones (excluding diaryl/α,β-unsaturated/α-hetero) is 1. The third kappa shape index (κ3) is 3.97. The number of aromatic nitrogens is 2. The van der Waals surface area contributed by atoms with E-state index in [1.165, 1.54) is 11.9 Å². The number of nitrogens with one attached hydrogen (secondary N) is 1.